The number of nitrogens with zero attached hydrogens (tertiary/aromatic N) is 2. The molecular formula is C21H27N3O4S. The monoisotopic (exact) mass is 417 g/mol. The van der Waals surface area contributed by atoms with Gasteiger partial charge in [-0.2, -0.15) is 4.31 Å². The van der Waals surface area contributed by atoms with Crippen LogP contribution in [0.4, 0.5) is 5.69 Å². The molecule has 156 valence electrons. The summed E-state index contributed by atoms with van der Waals surface area (Å²) in [6.45, 7) is 6.61. The van der Waals surface area contributed by atoms with Crippen LogP contribution < -0.4 is 10.1 Å². The van der Waals surface area contributed by atoms with E-state index in [4.69, 9.17) is 4.74 Å². The molecule has 2 aromatic rings. The molecule has 1 aliphatic rings. The van der Waals surface area contributed by atoms with Crippen LogP contribution in [0.5, 0.6) is 5.75 Å². The number of pyridine rings is 1. The Kier molecular flexibility index (Phi) is 6.54. The Bertz CT molecular complexity index is 966. The fourth-order valence-electron chi connectivity index (χ4n) is 3.17. The minimum atomic E-state index is -3.62. The summed E-state index contributed by atoms with van der Waals surface area (Å²) < 4.78 is 33.3. The lowest BCUT2D eigenvalue weighted by Gasteiger charge is -2.26. The Morgan fingerprint density at radius 2 is 1.86 bits per heavy atom. The van der Waals surface area contributed by atoms with E-state index in [2.05, 4.69) is 10.3 Å². The molecule has 0 atom stereocenters. The molecule has 1 aromatic carbocycles. The number of amides is 1. The number of anilines is 1. The van der Waals surface area contributed by atoms with Gasteiger partial charge in [-0.15, -0.1) is 0 Å². The highest BCUT2D eigenvalue weighted by Crippen LogP contribution is 2.31. The molecule has 0 spiro atoms. The van der Waals surface area contributed by atoms with Crippen LogP contribution in [-0.2, 0) is 10.0 Å². The number of aryl methyl sites for hydroxylation is 1. The fourth-order valence-corrected chi connectivity index (χ4v) is 4.72. The molecular weight excluding hydrogens is 390 g/mol. The maximum absolute atomic E-state index is 13.0. The Labute approximate surface area is 172 Å². The summed E-state index contributed by atoms with van der Waals surface area (Å²) in [5.74, 6) is 0.0460. The minimum absolute atomic E-state index is 0.128. The highest BCUT2D eigenvalue weighted by atomic mass is 32.2. The Balaban J connectivity index is 1.93. The quantitative estimate of drug-likeness (QED) is 0.776. The van der Waals surface area contributed by atoms with Crippen molar-refractivity contribution in [2.75, 3.05) is 18.4 Å². The first-order valence-electron chi connectivity index (χ1n) is 9.82. The molecule has 7 nitrogen and oxygen atoms in total. The topological polar surface area (TPSA) is 88.6 Å². The number of sulfonamides is 1. The summed E-state index contributed by atoms with van der Waals surface area (Å²) in [6.07, 6.45) is 4.12. The standard InChI is InChI=1S/C21H27N3O4S/c1-15(2)28-20-10-9-18(29(26,27)24-11-5-4-6-12-24)13-19(20)23-21(25)17-8-7-16(3)22-14-17/h7-10,13-15H,4-6,11-12H2,1-3H3,(H,23,25). The van der Waals surface area contributed by atoms with Crippen molar-refractivity contribution in [3.8, 4) is 5.75 Å². The maximum atomic E-state index is 13.0. The molecule has 1 N–H and O–H groups in total. The first-order valence-corrected chi connectivity index (χ1v) is 11.3. The van der Waals surface area contributed by atoms with E-state index in [0.29, 0.717) is 30.1 Å². The van der Waals surface area contributed by atoms with Crippen LogP contribution >= 0.6 is 0 Å². The number of hydrogen-bond acceptors (Lipinski definition) is 5. The van der Waals surface area contributed by atoms with Crippen molar-refractivity contribution in [3.05, 3.63) is 47.8 Å². The smallest absolute Gasteiger partial charge is 0.257 e. The van der Waals surface area contributed by atoms with Gasteiger partial charge in [0.2, 0.25) is 10.0 Å². The fraction of sp³-hybridized carbons (Fsp3) is 0.429. The van der Waals surface area contributed by atoms with Crippen molar-refractivity contribution in [1.82, 2.24) is 9.29 Å². The third kappa shape index (κ3) is 5.13. The van der Waals surface area contributed by atoms with Gasteiger partial charge in [-0.25, -0.2) is 8.42 Å². The predicted molar refractivity (Wildman–Crippen MR) is 112 cm³/mol. The number of hydrogen-bond donors (Lipinski definition) is 1. The van der Waals surface area contributed by atoms with E-state index in [1.807, 2.05) is 20.8 Å². The first kappa shape index (κ1) is 21.3. The molecule has 0 saturated carbocycles. The number of piperidine rings is 1. The van der Waals surface area contributed by atoms with Crippen LogP contribution in [0.15, 0.2) is 41.4 Å². The van der Waals surface area contributed by atoms with Crippen LogP contribution in [0.25, 0.3) is 0 Å². The molecule has 0 aliphatic carbocycles. The summed E-state index contributed by atoms with van der Waals surface area (Å²) in [5.41, 5.74) is 1.51. The molecule has 1 aliphatic heterocycles. The van der Waals surface area contributed by atoms with Crippen LogP contribution in [0.2, 0.25) is 0 Å². The molecule has 0 bridgehead atoms. The van der Waals surface area contributed by atoms with Gasteiger partial charge in [0.25, 0.3) is 5.91 Å². The summed E-state index contributed by atoms with van der Waals surface area (Å²) in [6, 6.07) is 8.03. The Hall–Kier alpha value is -2.45. The zero-order valence-electron chi connectivity index (χ0n) is 17.0. The highest BCUT2D eigenvalue weighted by molar-refractivity contribution is 7.89. The van der Waals surface area contributed by atoms with E-state index in [9.17, 15) is 13.2 Å². The average molecular weight is 418 g/mol. The molecule has 3 rings (SSSR count). The first-order chi connectivity index (χ1) is 13.8. The van der Waals surface area contributed by atoms with Crippen LogP contribution in [0.1, 0.15) is 49.2 Å². The number of aromatic nitrogens is 1. The van der Waals surface area contributed by atoms with Crippen molar-refractivity contribution < 1.29 is 17.9 Å². The maximum Gasteiger partial charge on any atom is 0.257 e. The Morgan fingerprint density at radius 3 is 2.48 bits per heavy atom. The number of carbonyl (C=O) groups excluding carboxylic acids is 1. The van der Waals surface area contributed by atoms with Gasteiger partial charge in [0.15, 0.2) is 0 Å². The number of carbonyl (C=O) groups is 1. The zero-order chi connectivity index (χ0) is 21.0. The molecule has 1 aromatic heterocycles. The number of benzene rings is 1. The van der Waals surface area contributed by atoms with Crippen LogP contribution in [-0.4, -0.2) is 42.8 Å². The lowest BCUT2D eigenvalue weighted by Crippen LogP contribution is -2.35. The van der Waals surface area contributed by atoms with E-state index in [-0.39, 0.29) is 16.9 Å². The van der Waals surface area contributed by atoms with Gasteiger partial charge in [-0.3, -0.25) is 9.78 Å². The SMILES string of the molecule is Cc1ccc(C(=O)Nc2cc(S(=O)(=O)N3CCCCC3)ccc2OC(C)C)cn1. The van der Waals surface area contributed by atoms with E-state index < -0.39 is 10.0 Å². The van der Waals surface area contributed by atoms with E-state index in [1.54, 1.807) is 18.2 Å². The number of rotatable bonds is 6. The largest absolute Gasteiger partial charge is 0.489 e. The summed E-state index contributed by atoms with van der Waals surface area (Å²) >= 11 is 0. The molecule has 1 amide bonds. The van der Waals surface area contributed by atoms with Crippen LogP contribution in [0, 0.1) is 6.92 Å². The molecule has 1 saturated heterocycles. The predicted octanol–water partition coefficient (Wildman–Crippen LogP) is 3.60. The van der Waals surface area contributed by atoms with Crippen molar-refractivity contribution in [3.63, 3.8) is 0 Å². The summed E-state index contributed by atoms with van der Waals surface area (Å²) in [7, 11) is -3.62. The average Bonchev–Trinajstić information content (AvgIpc) is 2.70. The zero-order valence-corrected chi connectivity index (χ0v) is 17.8. The third-order valence-corrected chi connectivity index (χ3v) is 6.58. The molecule has 1 fully saturated rings. The van der Waals surface area contributed by atoms with E-state index in [0.717, 1.165) is 25.0 Å². The minimum Gasteiger partial charge on any atom is -0.489 e. The Morgan fingerprint density at radius 1 is 1.14 bits per heavy atom. The molecule has 29 heavy (non-hydrogen) atoms. The third-order valence-electron chi connectivity index (χ3n) is 4.69. The van der Waals surface area contributed by atoms with Crippen molar-refractivity contribution in [1.29, 1.82) is 0 Å². The normalized spacial score (nSPS) is 15.3. The van der Waals surface area contributed by atoms with Gasteiger partial charge in [-0.05, 0) is 63.9 Å². The van der Waals surface area contributed by atoms with Crippen molar-refractivity contribution in [2.24, 2.45) is 0 Å². The van der Waals surface area contributed by atoms with Gasteiger partial charge in [0.05, 0.1) is 22.3 Å². The van der Waals surface area contributed by atoms with Crippen LogP contribution in [0.3, 0.4) is 0 Å². The van der Waals surface area contributed by atoms with Crippen molar-refractivity contribution in [2.45, 2.75) is 51.0 Å². The number of nitrogens with one attached hydrogen (secondary N) is 1. The van der Waals surface area contributed by atoms with E-state index >= 15 is 0 Å². The molecule has 0 unspecified atom stereocenters. The lowest BCUT2D eigenvalue weighted by atomic mass is 10.2. The lowest BCUT2D eigenvalue weighted by molar-refractivity contribution is 0.102. The molecule has 8 heteroatoms. The second kappa shape index (κ2) is 8.92. The number of ether oxygens (including phenoxy) is 1. The second-order valence-electron chi connectivity index (χ2n) is 7.43. The van der Waals surface area contributed by atoms with Gasteiger partial charge in [0.1, 0.15) is 5.75 Å². The van der Waals surface area contributed by atoms with Crippen molar-refractivity contribution >= 4 is 21.6 Å². The molecule has 0 radical (unpaired) electrons. The molecule has 2 heterocycles. The van der Waals surface area contributed by atoms with Gasteiger partial charge in [-0.1, -0.05) is 6.42 Å². The van der Waals surface area contributed by atoms with E-state index in [1.165, 1.54) is 22.6 Å². The summed E-state index contributed by atoms with van der Waals surface area (Å²) in [5, 5.41) is 2.78. The van der Waals surface area contributed by atoms with Gasteiger partial charge in [0, 0.05) is 25.0 Å². The van der Waals surface area contributed by atoms with Gasteiger partial charge < -0.3 is 10.1 Å². The summed E-state index contributed by atoms with van der Waals surface area (Å²) in [4.78, 5) is 16.9. The highest BCUT2D eigenvalue weighted by Gasteiger charge is 2.27. The second-order valence-corrected chi connectivity index (χ2v) is 9.37. The van der Waals surface area contributed by atoms with Gasteiger partial charge >= 0.3 is 0 Å².